The van der Waals surface area contributed by atoms with Gasteiger partial charge in [-0.1, -0.05) is 6.07 Å². The van der Waals surface area contributed by atoms with Gasteiger partial charge in [0, 0.05) is 18.9 Å². The molecule has 1 aromatic heterocycles. The third-order valence-corrected chi connectivity index (χ3v) is 3.69. The third-order valence-electron chi connectivity index (χ3n) is 3.69. The highest BCUT2D eigenvalue weighted by molar-refractivity contribution is 6.04. The van der Waals surface area contributed by atoms with Gasteiger partial charge in [0.25, 0.3) is 5.91 Å². The number of piperidine rings is 1. The highest BCUT2D eigenvalue weighted by Gasteiger charge is 2.16. The molecule has 3 rings (SSSR count). The van der Waals surface area contributed by atoms with Crippen LogP contribution in [0.1, 0.15) is 23.2 Å². The lowest BCUT2D eigenvalue weighted by molar-refractivity contribution is 0.0946. The molecule has 2 heterocycles. The minimum atomic E-state index is -0.0679. The first-order valence-corrected chi connectivity index (χ1v) is 7.03. The van der Waals surface area contributed by atoms with Gasteiger partial charge in [0.15, 0.2) is 0 Å². The van der Waals surface area contributed by atoms with Gasteiger partial charge in [0.05, 0.1) is 11.1 Å². The summed E-state index contributed by atoms with van der Waals surface area (Å²) in [5, 5.41) is 6.37. The number of hydrogen-bond donors (Lipinski definition) is 2. The van der Waals surface area contributed by atoms with E-state index in [9.17, 15) is 4.79 Å². The SMILES string of the molecule is Cl.O=C(NCC1CCCNC1)c1cccc2nccnc12. The molecule has 1 unspecified atom stereocenters. The van der Waals surface area contributed by atoms with Crippen molar-refractivity contribution in [1.29, 1.82) is 0 Å². The molecule has 1 fully saturated rings. The quantitative estimate of drug-likeness (QED) is 0.907. The summed E-state index contributed by atoms with van der Waals surface area (Å²) in [4.78, 5) is 20.8. The number of aromatic nitrogens is 2. The van der Waals surface area contributed by atoms with Crippen LogP contribution in [0.3, 0.4) is 0 Å². The lowest BCUT2D eigenvalue weighted by Crippen LogP contribution is -2.38. The Balaban J connectivity index is 0.00000161. The summed E-state index contributed by atoms with van der Waals surface area (Å²) < 4.78 is 0. The molecule has 5 nitrogen and oxygen atoms in total. The fraction of sp³-hybridized carbons (Fsp3) is 0.400. The highest BCUT2D eigenvalue weighted by atomic mass is 35.5. The van der Waals surface area contributed by atoms with Gasteiger partial charge in [-0.3, -0.25) is 14.8 Å². The maximum Gasteiger partial charge on any atom is 0.253 e. The molecule has 1 aliphatic heterocycles. The van der Waals surface area contributed by atoms with E-state index in [4.69, 9.17) is 0 Å². The molecule has 6 heteroatoms. The van der Waals surface area contributed by atoms with Crippen LogP contribution in [-0.2, 0) is 0 Å². The molecule has 1 aromatic carbocycles. The van der Waals surface area contributed by atoms with Crippen LogP contribution in [0.15, 0.2) is 30.6 Å². The van der Waals surface area contributed by atoms with Gasteiger partial charge in [0.2, 0.25) is 0 Å². The predicted molar refractivity (Wildman–Crippen MR) is 84.7 cm³/mol. The van der Waals surface area contributed by atoms with E-state index >= 15 is 0 Å². The van der Waals surface area contributed by atoms with Crippen molar-refractivity contribution in [2.24, 2.45) is 5.92 Å². The largest absolute Gasteiger partial charge is 0.352 e. The molecule has 112 valence electrons. The molecule has 2 aromatic rings. The zero-order valence-corrected chi connectivity index (χ0v) is 12.5. The van der Waals surface area contributed by atoms with Crippen molar-refractivity contribution in [3.63, 3.8) is 0 Å². The molecule has 0 saturated carbocycles. The first-order valence-electron chi connectivity index (χ1n) is 7.03. The van der Waals surface area contributed by atoms with Gasteiger partial charge in [-0.2, -0.15) is 0 Å². The average molecular weight is 307 g/mol. The Kier molecular flexibility index (Phi) is 5.47. The molecule has 1 saturated heterocycles. The van der Waals surface area contributed by atoms with Crippen molar-refractivity contribution >= 4 is 29.3 Å². The first kappa shape index (κ1) is 15.7. The monoisotopic (exact) mass is 306 g/mol. The van der Waals surface area contributed by atoms with E-state index in [0.717, 1.165) is 18.6 Å². The van der Waals surface area contributed by atoms with E-state index < -0.39 is 0 Å². The van der Waals surface area contributed by atoms with Gasteiger partial charge in [0.1, 0.15) is 5.52 Å². The van der Waals surface area contributed by atoms with Crippen LogP contribution >= 0.6 is 12.4 Å². The molecule has 21 heavy (non-hydrogen) atoms. The van der Waals surface area contributed by atoms with Gasteiger partial charge in [-0.05, 0) is 44.0 Å². The first-order chi connectivity index (χ1) is 9.84. The van der Waals surface area contributed by atoms with Crippen molar-refractivity contribution in [3.05, 3.63) is 36.2 Å². The maximum atomic E-state index is 12.3. The number of fused-ring (bicyclic) bond motifs is 1. The Hall–Kier alpha value is -1.72. The Labute approximate surface area is 130 Å². The summed E-state index contributed by atoms with van der Waals surface area (Å²) in [5.41, 5.74) is 2.01. The highest BCUT2D eigenvalue weighted by Crippen LogP contribution is 2.14. The fourth-order valence-electron chi connectivity index (χ4n) is 2.61. The zero-order chi connectivity index (χ0) is 13.8. The normalized spacial score (nSPS) is 18.0. The molecule has 1 aliphatic rings. The topological polar surface area (TPSA) is 66.9 Å². The number of nitrogens with one attached hydrogen (secondary N) is 2. The van der Waals surface area contributed by atoms with E-state index in [1.165, 1.54) is 12.8 Å². The summed E-state index contributed by atoms with van der Waals surface area (Å²) in [7, 11) is 0. The number of nitrogens with zero attached hydrogens (tertiary/aromatic N) is 2. The van der Waals surface area contributed by atoms with E-state index in [0.29, 0.717) is 23.5 Å². The fourth-order valence-corrected chi connectivity index (χ4v) is 2.61. The van der Waals surface area contributed by atoms with Crippen LogP contribution in [0.4, 0.5) is 0 Å². The Morgan fingerprint density at radius 1 is 1.33 bits per heavy atom. The number of carbonyl (C=O) groups is 1. The van der Waals surface area contributed by atoms with Gasteiger partial charge >= 0.3 is 0 Å². The van der Waals surface area contributed by atoms with Gasteiger partial charge in [-0.25, -0.2) is 0 Å². The summed E-state index contributed by atoms with van der Waals surface area (Å²) in [6.07, 6.45) is 5.60. The van der Waals surface area contributed by atoms with E-state index in [-0.39, 0.29) is 18.3 Å². The number of amides is 1. The third kappa shape index (κ3) is 3.68. The van der Waals surface area contributed by atoms with Gasteiger partial charge in [-0.15, -0.1) is 12.4 Å². The lowest BCUT2D eigenvalue weighted by Gasteiger charge is -2.22. The Morgan fingerprint density at radius 3 is 3.00 bits per heavy atom. The number of carbonyl (C=O) groups excluding carboxylic acids is 1. The van der Waals surface area contributed by atoms with Crippen LogP contribution in [-0.4, -0.2) is 35.5 Å². The molecule has 0 bridgehead atoms. The number of benzene rings is 1. The molecular weight excluding hydrogens is 288 g/mol. The summed E-state index contributed by atoms with van der Waals surface area (Å²) in [5.74, 6) is 0.454. The summed E-state index contributed by atoms with van der Waals surface area (Å²) in [6.45, 7) is 2.78. The van der Waals surface area contributed by atoms with E-state index in [2.05, 4.69) is 20.6 Å². The van der Waals surface area contributed by atoms with Crippen LogP contribution in [0.2, 0.25) is 0 Å². The lowest BCUT2D eigenvalue weighted by atomic mass is 9.99. The number of para-hydroxylation sites is 1. The van der Waals surface area contributed by atoms with Crippen LogP contribution in [0.25, 0.3) is 11.0 Å². The second kappa shape index (κ2) is 7.33. The molecule has 2 N–H and O–H groups in total. The zero-order valence-electron chi connectivity index (χ0n) is 11.7. The van der Waals surface area contributed by atoms with Crippen molar-refractivity contribution in [2.75, 3.05) is 19.6 Å². The van der Waals surface area contributed by atoms with Crippen molar-refractivity contribution in [3.8, 4) is 0 Å². The second-order valence-electron chi connectivity index (χ2n) is 5.15. The Morgan fingerprint density at radius 2 is 2.19 bits per heavy atom. The van der Waals surface area contributed by atoms with Crippen molar-refractivity contribution < 1.29 is 4.79 Å². The average Bonchev–Trinajstić information content (AvgIpc) is 2.53. The predicted octanol–water partition coefficient (Wildman–Crippen LogP) is 1.78. The smallest absolute Gasteiger partial charge is 0.253 e. The number of rotatable bonds is 3. The number of hydrogen-bond acceptors (Lipinski definition) is 4. The molecular formula is C15H19ClN4O. The molecule has 0 spiro atoms. The Bertz CT molecular complexity index is 608. The molecule has 1 amide bonds. The summed E-state index contributed by atoms with van der Waals surface area (Å²) in [6, 6.07) is 5.50. The van der Waals surface area contributed by atoms with Crippen molar-refractivity contribution in [2.45, 2.75) is 12.8 Å². The standard InChI is InChI=1S/C15H18N4O.ClH/c20-15(19-10-11-3-2-6-16-9-11)12-4-1-5-13-14(12)18-8-7-17-13;/h1,4-5,7-8,11,16H,2-3,6,9-10H2,(H,19,20);1H. The van der Waals surface area contributed by atoms with E-state index in [1.807, 2.05) is 12.1 Å². The van der Waals surface area contributed by atoms with Crippen molar-refractivity contribution in [1.82, 2.24) is 20.6 Å². The minimum Gasteiger partial charge on any atom is -0.352 e. The molecule has 1 atom stereocenters. The van der Waals surface area contributed by atoms with Crippen LogP contribution < -0.4 is 10.6 Å². The minimum absolute atomic E-state index is 0. The maximum absolute atomic E-state index is 12.3. The van der Waals surface area contributed by atoms with Crippen LogP contribution in [0, 0.1) is 5.92 Å². The second-order valence-corrected chi connectivity index (χ2v) is 5.15. The number of halogens is 1. The van der Waals surface area contributed by atoms with Crippen LogP contribution in [0.5, 0.6) is 0 Å². The van der Waals surface area contributed by atoms with Gasteiger partial charge < -0.3 is 10.6 Å². The molecule has 0 aliphatic carbocycles. The molecule has 0 radical (unpaired) electrons. The summed E-state index contributed by atoms with van der Waals surface area (Å²) >= 11 is 0. The van der Waals surface area contributed by atoms with E-state index in [1.54, 1.807) is 18.5 Å².